The molecule has 0 saturated heterocycles. The minimum absolute atomic E-state index is 0.203. The summed E-state index contributed by atoms with van der Waals surface area (Å²) in [6.45, 7) is 2.64. The van der Waals surface area contributed by atoms with Gasteiger partial charge in [0.2, 0.25) is 0 Å². The SMILES string of the molecule is Cc1cc(OCn2ccc(C(=O)NCCCc3nnc4ccccn34)n2)ccc1Cl. The van der Waals surface area contributed by atoms with E-state index >= 15 is 0 Å². The number of nitrogens with one attached hydrogen (secondary N) is 1. The lowest BCUT2D eigenvalue weighted by atomic mass is 10.2. The fraction of sp³-hybridized carbons (Fsp3) is 0.238. The Bertz CT molecular complexity index is 1170. The third kappa shape index (κ3) is 4.60. The van der Waals surface area contributed by atoms with E-state index in [0.29, 0.717) is 29.4 Å². The van der Waals surface area contributed by atoms with Gasteiger partial charge in [-0.15, -0.1) is 10.2 Å². The van der Waals surface area contributed by atoms with Crippen LogP contribution in [0.2, 0.25) is 5.02 Å². The number of hydrogen-bond acceptors (Lipinski definition) is 5. The largest absolute Gasteiger partial charge is 0.471 e. The second-order valence-corrected chi connectivity index (χ2v) is 7.24. The van der Waals surface area contributed by atoms with E-state index in [-0.39, 0.29) is 12.6 Å². The van der Waals surface area contributed by atoms with Crippen LogP contribution in [0.15, 0.2) is 54.9 Å². The molecule has 0 bridgehead atoms. The Morgan fingerprint density at radius 1 is 1.17 bits per heavy atom. The van der Waals surface area contributed by atoms with Crippen molar-refractivity contribution in [3.63, 3.8) is 0 Å². The summed E-state index contributed by atoms with van der Waals surface area (Å²) < 4.78 is 9.21. The van der Waals surface area contributed by atoms with Crippen LogP contribution in [0, 0.1) is 6.92 Å². The summed E-state index contributed by atoms with van der Waals surface area (Å²) in [6.07, 6.45) is 5.11. The van der Waals surface area contributed by atoms with Crippen LogP contribution in [-0.4, -0.2) is 36.8 Å². The molecule has 30 heavy (non-hydrogen) atoms. The van der Waals surface area contributed by atoms with Gasteiger partial charge >= 0.3 is 0 Å². The number of pyridine rings is 1. The van der Waals surface area contributed by atoms with E-state index in [1.807, 2.05) is 41.8 Å². The molecule has 3 heterocycles. The molecule has 0 radical (unpaired) electrons. The second kappa shape index (κ2) is 8.96. The lowest BCUT2D eigenvalue weighted by molar-refractivity contribution is 0.0946. The molecule has 1 N–H and O–H groups in total. The van der Waals surface area contributed by atoms with Crippen molar-refractivity contribution in [2.45, 2.75) is 26.5 Å². The Hall–Kier alpha value is -3.39. The van der Waals surface area contributed by atoms with Crippen LogP contribution in [0.5, 0.6) is 5.75 Å². The van der Waals surface area contributed by atoms with Crippen molar-refractivity contribution < 1.29 is 9.53 Å². The molecule has 0 fully saturated rings. The number of hydrogen-bond donors (Lipinski definition) is 1. The van der Waals surface area contributed by atoms with Crippen molar-refractivity contribution in [3.05, 3.63) is 77.0 Å². The highest BCUT2D eigenvalue weighted by molar-refractivity contribution is 6.31. The van der Waals surface area contributed by atoms with E-state index in [2.05, 4.69) is 20.6 Å². The van der Waals surface area contributed by atoms with Crippen molar-refractivity contribution in [1.29, 1.82) is 0 Å². The Morgan fingerprint density at radius 2 is 2.07 bits per heavy atom. The Labute approximate surface area is 178 Å². The van der Waals surface area contributed by atoms with Crippen LogP contribution in [-0.2, 0) is 13.2 Å². The fourth-order valence-corrected chi connectivity index (χ4v) is 3.12. The molecule has 4 rings (SSSR count). The molecule has 1 amide bonds. The first-order chi connectivity index (χ1) is 14.6. The highest BCUT2D eigenvalue weighted by Crippen LogP contribution is 2.21. The third-order valence-corrected chi connectivity index (χ3v) is 5.04. The van der Waals surface area contributed by atoms with Crippen molar-refractivity contribution >= 4 is 23.2 Å². The van der Waals surface area contributed by atoms with Gasteiger partial charge in [0.15, 0.2) is 12.4 Å². The van der Waals surface area contributed by atoms with Crippen LogP contribution in [0.3, 0.4) is 0 Å². The number of nitrogens with zero attached hydrogens (tertiary/aromatic N) is 5. The molecule has 0 atom stereocenters. The van der Waals surface area contributed by atoms with E-state index in [1.165, 1.54) is 0 Å². The summed E-state index contributed by atoms with van der Waals surface area (Å²) in [5.41, 5.74) is 2.10. The molecular formula is C21H21ClN6O2. The van der Waals surface area contributed by atoms with Crippen molar-refractivity contribution in [2.24, 2.45) is 0 Å². The fourth-order valence-electron chi connectivity index (χ4n) is 3.00. The van der Waals surface area contributed by atoms with Crippen LogP contribution in [0.4, 0.5) is 0 Å². The number of rotatable bonds is 8. The number of ether oxygens (including phenoxy) is 1. The average molecular weight is 425 g/mol. The molecule has 0 aliphatic carbocycles. The van der Waals surface area contributed by atoms with E-state index in [0.717, 1.165) is 23.5 Å². The molecule has 0 unspecified atom stereocenters. The highest BCUT2D eigenvalue weighted by atomic mass is 35.5. The molecule has 3 aromatic heterocycles. The summed E-state index contributed by atoms with van der Waals surface area (Å²) in [7, 11) is 0. The minimum atomic E-state index is -0.220. The molecule has 154 valence electrons. The van der Waals surface area contributed by atoms with Gasteiger partial charge in [-0.3, -0.25) is 9.20 Å². The van der Waals surface area contributed by atoms with Gasteiger partial charge in [-0.05, 0) is 55.3 Å². The highest BCUT2D eigenvalue weighted by Gasteiger charge is 2.10. The first-order valence-electron chi connectivity index (χ1n) is 9.59. The molecule has 8 nitrogen and oxygen atoms in total. The quantitative estimate of drug-likeness (QED) is 0.438. The number of carbonyl (C=O) groups is 1. The topological polar surface area (TPSA) is 86.3 Å². The molecule has 0 spiro atoms. The lowest BCUT2D eigenvalue weighted by Gasteiger charge is -2.07. The summed E-state index contributed by atoms with van der Waals surface area (Å²) in [5, 5.41) is 16.2. The van der Waals surface area contributed by atoms with Gasteiger partial charge in [0.1, 0.15) is 17.3 Å². The normalized spacial score (nSPS) is 11.0. The number of amides is 1. The first kappa shape index (κ1) is 19.9. The zero-order chi connectivity index (χ0) is 20.9. The summed E-state index contributed by atoms with van der Waals surface area (Å²) in [6, 6.07) is 12.9. The Balaban J connectivity index is 1.24. The summed E-state index contributed by atoms with van der Waals surface area (Å²) in [5.74, 6) is 1.35. The Morgan fingerprint density at radius 3 is 2.93 bits per heavy atom. The predicted octanol–water partition coefficient (Wildman–Crippen LogP) is 3.29. The lowest BCUT2D eigenvalue weighted by Crippen LogP contribution is -2.25. The number of fused-ring (bicyclic) bond motifs is 1. The van der Waals surface area contributed by atoms with Gasteiger partial charge in [-0.2, -0.15) is 5.10 Å². The molecule has 0 aliphatic rings. The number of halogens is 1. The molecule has 0 aliphatic heterocycles. The predicted molar refractivity (Wildman–Crippen MR) is 113 cm³/mol. The van der Waals surface area contributed by atoms with Crippen LogP contribution in [0.25, 0.3) is 5.65 Å². The van der Waals surface area contributed by atoms with Gasteiger partial charge in [0.05, 0.1) is 0 Å². The van der Waals surface area contributed by atoms with Gasteiger partial charge in [-0.25, -0.2) is 4.68 Å². The average Bonchev–Trinajstić information content (AvgIpc) is 3.39. The second-order valence-electron chi connectivity index (χ2n) is 6.83. The van der Waals surface area contributed by atoms with Crippen molar-refractivity contribution in [1.82, 2.24) is 29.7 Å². The van der Waals surface area contributed by atoms with Gasteiger partial charge in [-0.1, -0.05) is 17.7 Å². The van der Waals surface area contributed by atoms with Crippen LogP contribution in [0.1, 0.15) is 28.3 Å². The maximum absolute atomic E-state index is 12.3. The van der Waals surface area contributed by atoms with Gasteiger partial charge in [0, 0.05) is 30.4 Å². The third-order valence-electron chi connectivity index (χ3n) is 4.61. The van der Waals surface area contributed by atoms with Gasteiger partial charge in [0.25, 0.3) is 5.91 Å². The first-order valence-corrected chi connectivity index (χ1v) is 9.97. The standard InChI is InChI=1S/C21H21ClN6O2/c1-15-13-16(7-8-17(15)22)30-14-27-12-9-18(26-27)21(29)23-10-4-6-20-25-24-19-5-2-3-11-28(19)20/h2-3,5,7-9,11-13H,4,6,10,14H2,1H3,(H,23,29). The molecule has 4 aromatic rings. The van der Waals surface area contributed by atoms with Gasteiger partial charge < -0.3 is 10.1 Å². The maximum atomic E-state index is 12.3. The van der Waals surface area contributed by atoms with E-state index in [9.17, 15) is 4.79 Å². The summed E-state index contributed by atoms with van der Waals surface area (Å²) >= 11 is 6.02. The maximum Gasteiger partial charge on any atom is 0.271 e. The number of benzene rings is 1. The van der Waals surface area contributed by atoms with Crippen molar-refractivity contribution in [3.8, 4) is 5.75 Å². The van der Waals surface area contributed by atoms with Crippen LogP contribution < -0.4 is 10.1 Å². The number of carbonyl (C=O) groups excluding carboxylic acids is 1. The Kier molecular flexibility index (Phi) is 5.94. The van der Waals surface area contributed by atoms with E-state index in [1.54, 1.807) is 29.1 Å². The molecule has 1 aromatic carbocycles. The zero-order valence-electron chi connectivity index (χ0n) is 16.5. The van der Waals surface area contributed by atoms with E-state index in [4.69, 9.17) is 16.3 Å². The van der Waals surface area contributed by atoms with E-state index < -0.39 is 0 Å². The van der Waals surface area contributed by atoms with Crippen LogP contribution >= 0.6 is 11.6 Å². The molecular weight excluding hydrogens is 404 g/mol. The number of aryl methyl sites for hydroxylation is 2. The number of aromatic nitrogens is 5. The monoisotopic (exact) mass is 424 g/mol. The summed E-state index contributed by atoms with van der Waals surface area (Å²) in [4.78, 5) is 12.3. The smallest absolute Gasteiger partial charge is 0.271 e. The van der Waals surface area contributed by atoms with Crippen molar-refractivity contribution in [2.75, 3.05) is 6.54 Å². The molecule has 0 saturated carbocycles. The zero-order valence-corrected chi connectivity index (χ0v) is 17.2. The minimum Gasteiger partial charge on any atom is -0.471 e. The molecule has 9 heteroatoms.